The standard InChI is InChI=1S/C24H16Br2N4OS/c25-17-8-6-15(7-9-17)20-14-21(16-4-2-1-3-5-16)30-23(31)22(32-24(30)27-20)29-28-19-12-10-18(26)11-13-19/h1-14,21,28H/b29-22+. The average Bonchev–Trinajstić information content (AvgIpc) is 3.14. The predicted molar refractivity (Wildman–Crippen MR) is 138 cm³/mol. The first-order chi connectivity index (χ1) is 15.6. The highest BCUT2D eigenvalue weighted by Crippen LogP contribution is 2.39. The molecule has 1 unspecified atom stereocenters. The SMILES string of the molecule is O=C1/C(=N\Nc2ccc(Br)cc2)SC2=NC(c3ccc(Br)cc3)=CC(c3ccccc3)N12. The molecule has 0 aliphatic carbocycles. The molecule has 0 aromatic heterocycles. The summed E-state index contributed by atoms with van der Waals surface area (Å²) in [4.78, 5) is 19.8. The largest absolute Gasteiger partial charge is 0.288 e. The van der Waals surface area contributed by atoms with Gasteiger partial charge in [-0.05, 0) is 59.8 Å². The minimum atomic E-state index is -0.261. The van der Waals surface area contributed by atoms with Crippen LogP contribution in [0.1, 0.15) is 17.2 Å². The van der Waals surface area contributed by atoms with Gasteiger partial charge in [0.25, 0.3) is 5.91 Å². The Kier molecular flexibility index (Phi) is 5.99. The van der Waals surface area contributed by atoms with E-state index in [9.17, 15) is 4.79 Å². The molecule has 1 atom stereocenters. The van der Waals surface area contributed by atoms with Crippen LogP contribution in [0.25, 0.3) is 5.70 Å². The minimum Gasteiger partial charge on any atom is -0.277 e. The zero-order chi connectivity index (χ0) is 22.1. The lowest BCUT2D eigenvalue weighted by Gasteiger charge is -2.29. The molecule has 0 spiro atoms. The van der Waals surface area contributed by atoms with E-state index in [2.05, 4.69) is 42.4 Å². The number of halogens is 2. The van der Waals surface area contributed by atoms with Crippen molar-refractivity contribution in [3.05, 3.63) is 105 Å². The number of thioether (sulfide) groups is 1. The van der Waals surface area contributed by atoms with Gasteiger partial charge in [-0.3, -0.25) is 15.1 Å². The molecule has 8 heteroatoms. The van der Waals surface area contributed by atoms with Crippen molar-refractivity contribution in [2.45, 2.75) is 6.04 Å². The Morgan fingerprint density at radius 1 is 0.906 bits per heavy atom. The number of amides is 1. The molecule has 158 valence electrons. The van der Waals surface area contributed by atoms with Crippen molar-refractivity contribution in [3.8, 4) is 0 Å². The second-order valence-corrected chi connectivity index (χ2v) is 9.91. The lowest BCUT2D eigenvalue weighted by molar-refractivity contribution is -0.121. The van der Waals surface area contributed by atoms with Gasteiger partial charge in [0.05, 0.1) is 17.4 Å². The summed E-state index contributed by atoms with van der Waals surface area (Å²) in [6, 6.07) is 25.3. The van der Waals surface area contributed by atoms with Gasteiger partial charge in [-0.15, -0.1) is 0 Å². The fourth-order valence-corrected chi connectivity index (χ4v) is 4.86. The van der Waals surface area contributed by atoms with E-state index in [1.807, 2.05) is 84.9 Å². The molecule has 2 heterocycles. The lowest BCUT2D eigenvalue weighted by atomic mass is 10.0. The number of rotatable bonds is 4. The summed E-state index contributed by atoms with van der Waals surface area (Å²) in [5.74, 6) is -0.168. The van der Waals surface area contributed by atoms with Crippen molar-refractivity contribution in [2.75, 3.05) is 5.43 Å². The molecule has 32 heavy (non-hydrogen) atoms. The molecule has 0 bridgehead atoms. The van der Waals surface area contributed by atoms with E-state index in [0.717, 1.165) is 31.5 Å². The maximum absolute atomic E-state index is 13.3. The Balaban J connectivity index is 1.50. The van der Waals surface area contributed by atoms with Crippen LogP contribution in [0.2, 0.25) is 0 Å². The van der Waals surface area contributed by atoms with Gasteiger partial charge in [0.1, 0.15) is 0 Å². The van der Waals surface area contributed by atoms with Crippen LogP contribution in [0.15, 0.2) is 104 Å². The number of carbonyl (C=O) groups is 1. The monoisotopic (exact) mass is 566 g/mol. The molecule has 5 nitrogen and oxygen atoms in total. The van der Waals surface area contributed by atoms with E-state index < -0.39 is 0 Å². The zero-order valence-electron chi connectivity index (χ0n) is 16.6. The van der Waals surface area contributed by atoms with Crippen LogP contribution in [-0.2, 0) is 4.79 Å². The third kappa shape index (κ3) is 4.30. The molecule has 3 aromatic rings. The maximum atomic E-state index is 13.3. The van der Waals surface area contributed by atoms with Gasteiger partial charge in [0, 0.05) is 14.5 Å². The van der Waals surface area contributed by atoms with Gasteiger partial charge in [-0.2, -0.15) is 5.10 Å². The molecule has 2 aliphatic heterocycles. The number of carbonyl (C=O) groups excluding carboxylic acids is 1. The summed E-state index contributed by atoms with van der Waals surface area (Å²) in [5.41, 5.74) is 6.63. The number of nitrogens with one attached hydrogen (secondary N) is 1. The van der Waals surface area contributed by atoms with E-state index in [-0.39, 0.29) is 11.9 Å². The van der Waals surface area contributed by atoms with Crippen LogP contribution in [0, 0.1) is 0 Å². The number of hydrazone groups is 1. The number of nitrogens with zero attached hydrogens (tertiary/aromatic N) is 3. The van der Waals surface area contributed by atoms with E-state index in [1.54, 1.807) is 4.90 Å². The third-order valence-electron chi connectivity index (χ3n) is 5.02. The summed E-state index contributed by atoms with van der Waals surface area (Å²) in [5, 5.41) is 5.36. The average molecular weight is 568 g/mol. The number of hydrogen-bond acceptors (Lipinski definition) is 5. The molecule has 5 rings (SSSR count). The maximum Gasteiger partial charge on any atom is 0.288 e. The number of benzene rings is 3. The third-order valence-corrected chi connectivity index (χ3v) is 7.00. The van der Waals surface area contributed by atoms with Gasteiger partial charge in [0.2, 0.25) is 0 Å². The molecular formula is C24H16Br2N4OS. The fourth-order valence-electron chi connectivity index (χ4n) is 3.44. The van der Waals surface area contributed by atoms with E-state index in [0.29, 0.717) is 10.2 Å². The highest BCUT2D eigenvalue weighted by molar-refractivity contribution is 9.10. The second kappa shape index (κ2) is 9.05. The van der Waals surface area contributed by atoms with Crippen LogP contribution in [0.3, 0.4) is 0 Å². The Labute approximate surface area is 206 Å². The van der Waals surface area contributed by atoms with Crippen molar-refractivity contribution < 1.29 is 4.79 Å². The van der Waals surface area contributed by atoms with Gasteiger partial charge >= 0.3 is 0 Å². The van der Waals surface area contributed by atoms with Crippen LogP contribution in [0.4, 0.5) is 5.69 Å². The highest BCUT2D eigenvalue weighted by Gasteiger charge is 2.42. The van der Waals surface area contributed by atoms with Crippen molar-refractivity contribution in [3.63, 3.8) is 0 Å². The number of hydrogen-bond donors (Lipinski definition) is 1. The Bertz CT molecular complexity index is 1260. The summed E-state index contributed by atoms with van der Waals surface area (Å²) < 4.78 is 1.98. The summed E-state index contributed by atoms with van der Waals surface area (Å²) in [6.45, 7) is 0. The first kappa shape index (κ1) is 21.2. The molecule has 1 N–H and O–H groups in total. The van der Waals surface area contributed by atoms with Crippen molar-refractivity contribution in [1.82, 2.24) is 4.90 Å². The molecule has 1 saturated heterocycles. The first-order valence-corrected chi connectivity index (χ1v) is 12.2. The first-order valence-electron chi connectivity index (χ1n) is 9.80. The molecule has 1 fully saturated rings. The van der Waals surface area contributed by atoms with Gasteiger partial charge in [-0.25, -0.2) is 4.99 Å². The molecule has 0 radical (unpaired) electrons. The number of amidine groups is 1. The summed E-state index contributed by atoms with van der Waals surface area (Å²) >= 11 is 8.18. The van der Waals surface area contributed by atoms with Crippen LogP contribution in [0.5, 0.6) is 0 Å². The highest BCUT2D eigenvalue weighted by atomic mass is 79.9. The predicted octanol–water partition coefficient (Wildman–Crippen LogP) is 6.66. The normalized spacial score (nSPS) is 18.9. The van der Waals surface area contributed by atoms with Gasteiger partial charge < -0.3 is 0 Å². The molecule has 3 aromatic carbocycles. The smallest absolute Gasteiger partial charge is 0.277 e. The quantitative estimate of drug-likeness (QED) is 0.358. The fraction of sp³-hybridized carbons (Fsp3) is 0.0417. The lowest BCUT2D eigenvalue weighted by Crippen LogP contribution is -2.36. The Morgan fingerprint density at radius 2 is 1.56 bits per heavy atom. The number of fused-ring (bicyclic) bond motifs is 1. The van der Waals surface area contributed by atoms with Gasteiger partial charge in [-0.1, -0.05) is 74.3 Å². The topological polar surface area (TPSA) is 57.1 Å². The second-order valence-electron chi connectivity index (χ2n) is 7.12. The van der Waals surface area contributed by atoms with E-state index >= 15 is 0 Å². The van der Waals surface area contributed by atoms with Crippen LogP contribution in [-0.4, -0.2) is 21.0 Å². The number of anilines is 1. The minimum absolute atomic E-state index is 0.168. The molecule has 1 amide bonds. The van der Waals surface area contributed by atoms with Crippen molar-refractivity contribution in [1.29, 1.82) is 0 Å². The molecular weight excluding hydrogens is 552 g/mol. The van der Waals surface area contributed by atoms with Crippen molar-refractivity contribution >= 4 is 71.1 Å². The molecule has 2 aliphatic rings. The summed E-state index contributed by atoms with van der Waals surface area (Å²) in [7, 11) is 0. The Hall–Kier alpha value is -2.68. The van der Waals surface area contributed by atoms with Crippen LogP contribution >= 0.6 is 43.6 Å². The Morgan fingerprint density at radius 3 is 2.25 bits per heavy atom. The van der Waals surface area contributed by atoms with E-state index in [1.165, 1.54) is 11.8 Å². The number of aliphatic imine (C=N–C) groups is 1. The molecule has 0 saturated carbocycles. The zero-order valence-corrected chi connectivity index (χ0v) is 20.6. The van der Waals surface area contributed by atoms with Gasteiger partial charge in [0.15, 0.2) is 10.2 Å². The van der Waals surface area contributed by atoms with E-state index in [4.69, 9.17) is 4.99 Å². The van der Waals surface area contributed by atoms with Crippen LogP contribution < -0.4 is 5.43 Å². The van der Waals surface area contributed by atoms with Crippen molar-refractivity contribution in [2.24, 2.45) is 10.1 Å². The summed E-state index contributed by atoms with van der Waals surface area (Å²) in [6.07, 6.45) is 2.03.